The molecule has 0 aromatic carbocycles. The van der Waals surface area contributed by atoms with Gasteiger partial charge in [-0.05, 0) is 64.2 Å². The Morgan fingerprint density at radius 2 is 1.75 bits per heavy atom. The predicted molar refractivity (Wildman–Crippen MR) is 144 cm³/mol. The average Bonchev–Trinajstić information content (AvgIpc) is 2.89. The topological polar surface area (TPSA) is 69.6 Å². The Bertz CT molecular complexity index is 1210. The minimum absolute atomic E-state index is 0.536. The molecule has 0 unspecified atom stereocenters. The van der Waals surface area contributed by atoms with E-state index in [2.05, 4.69) is 102 Å². The molecule has 0 saturated heterocycles. The molecular weight excluding hydrogens is 525 g/mol. The van der Waals surface area contributed by atoms with E-state index in [0.29, 0.717) is 22.4 Å². The van der Waals surface area contributed by atoms with Crippen LogP contribution in [0.3, 0.4) is 0 Å². The highest BCUT2D eigenvalue weighted by molar-refractivity contribution is 14.1. The number of nitrogens with zero attached hydrogens (tertiary/aromatic N) is 4. The zero-order valence-corrected chi connectivity index (χ0v) is 23.0. The van der Waals surface area contributed by atoms with Crippen molar-refractivity contribution in [1.82, 2.24) is 19.5 Å². The van der Waals surface area contributed by atoms with Crippen LogP contribution in [0.1, 0.15) is 59.4 Å². The first kappa shape index (κ1) is 23.2. The lowest BCUT2D eigenvalue weighted by Crippen LogP contribution is -2.43. The highest BCUT2D eigenvalue weighted by Gasteiger charge is 2.41. The molecule has 32 heavy (non-hydrogen) atoms. The van der Waals surface area contributed by atoms with E-state index < -0.39 is 8.07 Å². The van der Waals surface area contributed by atoms with Crippen LogP contribution in [0.25, 0.3) is 22.3 Å². The van der Waals surface area contributed by atoms with Gasteiger partial charge in [-0.1, -0.05) is 47.5 Å². The summed E-state index contributed by atoms with van der Waals surface area (Å²) in [4.78, 5) is 13.8. The zero-order chi connectivity index (χ0) is 23.2. The van der Waals surface area contributed by atoms with Gasteiger partial charge in [-0.3, -0.25) is 0 Å². The van der Waals surface area contributed by atoms with Gasteiger partial charge >= 0.3 is 0 Å². The Kier molecular flexibility index (Phi) is 6.38. The van der Waals surface area contributed by atoms with Crippen LogP contribution in [-0.4, -0.2) is 27.6 Å². The molecule has 0 aliphatic carbocycles. The highest BCUT2D eigenvalue weighted by Crippen LogP contribution is 2.41. The summed E-state index contributed by atoms with van der Waals surface area (Å²) in [5, 5.41) is 0.946. The summed E-state index contributed by atoms with van der Waals surface area (Å²) in [6.45, 7) is 15.0. The smallest absolute Gasteiger partial charge is 0.147 e. The second-order valence-corrected chi connectivity index (χ2v) is 16.4. The van der Waals surface area contributed by atoms with Gasteiger partial charge in [0.1, 0.15) is 31.6 Å². The van der Waals surface area contributed by atoms with Crippen LogP contribution in [0, 0.1) is 15.0 Å². The Hall–Kier alpha value is -1.92. The van der Waals surface area contributed by atoms with Gasteiger partial charge in [-0.15, -0.1) is 5.54 Å². The summed E-state index contributed by atoms with van der Waals surface area (Å²) in [5.41, 5.74) is 17.1. The van der Waals surface area contributed by atoms with Gasteiger partial charge in [-0.2, -0.15) is 0 Å². The lowest BCUT2D eigenvalue weighted by molar-refractivity contribution is 0.670. The zero-order valence-electron chi connectivity index (χ0n) is 19.8. The molecule has 0 spiro atoms. The first-order valence-electron chi connectivity index (χ1n) is 11.5. The Morgan fingerprint density at radius 1 is 1.06 bits per heavy atom. The summed E-state index contributed by atoms with van der Waals surface area (Å²) in [6, 6.07) is 4.28. The van der Waals surface area contributed by atoms with Crippen molar-refractivity contribution in [3.05, 3.63) is 33.4 Å². The molecule has 0 bridgehead atoms. The van der Waals surface area contributed by atoms with Crippen LogP contribution in [0.4, 0.5) is 5.82 Å². The molecular formula is C25H32IN5Si. The van der Waals surface area contributed by atoms with E-state index in [1.807, 2.05) is 0 Å². The molecule has 0 atom stereocenters. The van der Waals surface area contributed by atoms with Crippen molar-refractivity contribution in [2.24, 2.45) is 0 Å². The van der Waals surface area contributed by atoms with Crippen molar-refractivity contribution in [3.8, 4) is 22.7 Å². The van der Waals surface area contributed by atoms with Gasteiger partial charge in [0.2, 0.25) is 0 Å². The van der Waals surface area contributed by atoms with Crippen molar-refractivity contribution in [1.29, 1.82) is 0 Å². The van der Waals surface area contributed by atoms with Crippen LogP contribution in [0.15, 0.2) is 18.5 Å². The summed E-state index contributed by atoms with van der Waals surface area (Å²) in [6.07, 6.45) is 3.50. The third-order valence-electron chi connectivity index (χ3n) is 7.11. The fourth-order valence-corrected chi connectivity index (χ4v) is 11.9. The molecule has 0 fully saturated rings. The second-order valence-electron chi connectivity index (χ2n) is 9.71. The van der Waals surface area contributed by atoms with E-state index in [4.69, 9.17) is 10.7 Å². The molecule has 5 nitrogen and oxygen atoms in total. The Labute approximate surface area is 205 Å². The van der Waals surface area contributed by atoms with Gasteiger partial charge in [-0.25, -0.2) is 15.0 Å². The maximum Gasteiger partial charge on any atom is 0.147 e. The normalized spacial score (nSPS) is 13.8. The van der Waals surface area contributed by atoms with Crippen molar-refractivity contribution in [2.45, 2.75) is 77.6 Å². The number of halogens is 1. The van der Waals surface area contributed by atoms with E-state index in [9.17, 15) is 0 Å². The fraction of sp³-hybridized carbons (Fsp3) is 0.480. The van der Waals surface area contributed by atoms with Gasteiger partial charge in [0.15, 0.2) is 0 Å². The van der Waals surface area contributed by atoms with Crippen LogP contribution in [0.5, 0.6) is 0 Å². The largest absolute Gasteiger partial charge is 0.383 e. The predicted octanol–water partition coefficient (Wildman–Crippen LogP) is 6.20. The minimum Gasteiger partial charge on any atom is -0.383 e. The molecule has 0 radical (unpaired) electrons. The van der Waals surface area contributed by atoms with E-state index in [1.165, 1.54) is 0 Å². The molecule has 0 saturated carbocycles. The monoisotopic (exact) mass is 557 g/mol. The van der Waals surface area contributed by atoms with Crippen LogP contribution < -0.4 is 5.73 Å². The van der Waals surface area contributed by atoms with Crippen molar-refractivity contribution < 1.29 is 0 Å². The average molecular weight is 558 g/mol. The maximum atomic E-state index is 6.21. The minimum atomic E-state index is -1.79. The van der Waals surface area contributed by atoms with Crippen LogP contribution >= 0.6 is 22.6 Å². The summed E-state index contributed by atoms with van der Waals surface area (Å²) < 4.78 is 3.38. The van der Waals surface area contributed by atoms with Crippen molar-refractivity contribution in [2.75, 3.05) is 5.73 Å². The lowest BCUT2D eigenvalue weighted by Gasteiger charge is -2.38. The molecule has 0 amide bonds. The number of fused-ring (bicyclic) bond motifs is 5. The number of rotatable bonds is 3. The SMILES string of the molecule is CC(C)[Si](C#Cc1ccc2c(n1)CCCn1c-2c(I)c2c(N)ncnc21)(C(C)C)C(C)C. The summed E-state index contributed by atoms with van der Waals surface area (Å²) >= 11 is 2.38. The highest BCUT2D eigenvalue weighted by atomic mass is 127. The van der Waals surface area contributed by atoms with Crippen LogP contribution in [0.2, 0.25) is 16.6 Å². The van der Waals surface area contributed by atoms with E-state index in [1.54, 1.807) is 6.33 Å². The first-order chi connectivity index (χ1) is 15.2. The number of aryl methyl sites for hydroxylation is 2. The first-order valence-corrected chi connectivity index (χ1v) is 14.8. The molecule has 2 N–H and O–H groups in total. The quantitative estimate of drug-likeness (QED) is 0.237. The maximum absolute atomic E-state index is 6.21. The third-order valence-corrected chi connectivity index (χ3v) is 14.4. The number of pyridine rings is 1. The van der Waals surface area contributed by atoms with Crippen molar-refractivity contribution >= 4 is 47.5 Å². The van der Waals surface area contributed by atoms with Gasteiger partial charge in [0, 0.05) is 12.1 Å². The number of hydrogen-bond donors (Lipinski definition) is 1. The summed E-state index contributed by atoms with van der Waals surface area (Å²) in [5.74, 6) is 4.06. The third kappa shape index (κ3) is 3.65. The molecule has 1 aliphatic heterocycles. The number of anilines is 1. The van der Waals surface area contributed by atoms with Gasteiger partial charge < -0.3 is 10.3 Å². The van der Waals surface area contributed by atoms with E-state index in [-0.39, 0.29) is 0 Å². The van der Waals surface area contributed by atoms with Crippen LogP contribution in [-0.2, 0) is 13.0 Å². The molecule has 1 aliphatic rings. The van der Waals surface area contributed by atoms with E-state index in [0.717, 1.165) is 56.6 Å². The summed E-state index contributed by atoms with van der Waals surface area (Å²) in [7, 11) is -1.79. The second kappa shape index (κ2) is 8.79. The fourth-order valence-electron chi connectivity index (χ4n) is 5.62. The van der Waals surface area contributed by atoms with Gasteiger partial charge in [0.05, 0.1) is 20.3 Å². The molecule has 3 aromatic heterocycles. The number of nitrogen functional groups attached to an aromatic ring is 1. The number of hydrogen-bond acceptors (Lipinski definition) is 4. The lowest BCUT2D eigenvalue weighted by atomic mass is 10.1. The molecule has 4 rings (SSSR count). The molecule has 7 heteroatoms. The number of nitrogens with two attached hydrogens (primary N) is 1. The van der Waals surface area contributed by atoms with E-state index >= 15 is 0 Å². The standard InChI is InChI=1S/C25H32IN5Si/c1-15(2)32(16(3)4,17(5)6)13-11-18-9-10-19-20(30-18)8-7-12-31-23(19)22(26)21-24(27)28-14-29-25(21)31/h9-10,14-17H,7-8,12H2,1-6H3,(H2,27,28,29). The van der Waals surface area contributed by atoms with Gasteiger partial charge in [0.25, 0.3) is 0 Å². The Morgan fingerprint density at radius 3 is 2.41 bits per heavy atom. The molecule has 4 heterocycles. The number of aromatic nitrogens is 4. The van der Waals surface area contributed by atoms with Crippen molar-refractivity contribution in [3.63, 3.8) is 0 Å². The Balaban J connectivity index is 1.84. The molecule has 3 aromatic rings. The molecule has 168 valence electrons.